The molecular weight excluding hydrogens is 340 g/mol. The van der Waals surface area contributed by atoms with Crippen molar-refractivity contribution in [3.63, 3.8) is 0 Å². The fraction of sp³-hybridized carbons (Fsp3) is 0.611. The maximum Gasteiger partial charge on any atom is 0.240 e. The minimum Gasteiger partial charge on any atom is -0.377 e. The molecule has 2 fully saturated rings. The van der Waals surface area contributed by atoms with Crippen LogP contribution < -0.4 is 10.0 Å². The Bertz CT molecular complexity index is 676. The second-order valence-electron chi connectivity index (χ2n) is 6.91. The van der Waals surface area contributed by atoms with E-state index in [0.29, 0.717) is 31.2 Å². The number of hydrogen-bond acceptors (Lipinski definition) is 4. The van der Waals surface area contributed by atoms with E-state index in [-0.39, 0.29) is 16.9 Å². The van der Waals surface area contributed by atoms with Crippen LogP contribution in [0.25, 0.3) is 0 Å². The zero-order valence-electron chi connectivity index (χ0n) is 14.4. The monoisotopic (exact) mass is 366 g/mol. The number of amides is 1. The second kappa shape index (κ2) is 8.29. The molecule has 0 radical (unpaired) electrons. The van der Waals surface area contributed by atoms with Crippen molar-refractivity contribution in [3.8, 4) is 0 Å². The van der Waals surface area contributed by atoms with Gasteiger partial charge in [0.1, 0.15) is 0 Å². The lowest BCUT2D eigenvalue weighted by molar-refractivity contribution is -0.117. The van der Waals surface area contributed by atoms with Crippen LogP contribution in [-0.2, 0) is 19.6 Å². The van der Waals surface area contributed by atoms with Gasteiger partial charge in [-0.2, -0.15) is 0 Å². The lowest BCUT2D eigenvalue weighted by atomic mass is 10.0. The third-order valence-electron chi connectivity index (χ3n) is 4.92. The van der Waals surface area contributed by atoms with Crippen LogP contribution in [-0.4, -0.2) is 33.6 Å². The molecule has 0 spiro atoms. The Morgan fingerprint density at radius 3 is 2.44 bits per heavy atom. The van der Waals surface area contributed by atoms with Crippen LogP contribution in [0.3, 0.4) is 0 Å². The van der Waals surface area contributed by atoms with Gasteiger partial charge in [-0.1, -0.05) is 12.8 Å². The van der Waals surface area contributed by atoms with E-state index in [2.05, 4.69) is 10.0 Å². The van der Waals surface area contributed by atoms with Crippen molar-refractivity contribution in [2.75, 3.05) is 18.5 Å². The predicted octanol–water partition coefficient (Wildman–Crippen LogP) is 2.66. The van der Waals surface area contributed by atoms with Crippen molar-refractivity contribution in [3.05, 3.63) is 24.3 Å². The van der Waals surface area contributed by atoms with Gasteiger partial charge < -0.3 is 10.1 Å². The first-order chi connectivity index (χ1) is 12.0. The minimum absolute atomic E-state index is 0.000913. The van der Waals surface area contributed by atoms with Gasteiger partial charge >= 0.3 is 0 Å². The van der Waals surface area contributed by atoms with Gasteiger partial charge in [-0.15, -0.1) is 0 Å². The summed E-state index contributed by atoms with van der Waals surface area (Å²) < 4.78 is 32.6. The van der Waals surface area contributed by atoms with E-state index in [1.807, 2.05) is 0 Å². The van der Waals surface area contributed by atoms with Crippen LogP contribution in [0.15, 0.2) is 29.2 Å². The zero-order chi connectivity index (χ0) is 17.7. The highest BCUT2D eigenvalue weighted by Gasteiger charge is 2.21. The van der Waals surface area contributed by atoms with E-state index < -0.39 is 10.0 Å². The van der Waals surface area contributed by atoms with Crippen LogP contribution in [0.5, 0.6) is 0 Å². The highest BCUT2D eigenvalue weighted by molar-refractivity contribution is 7.89. The maximum atomic E-state index is 12.3. The minimum atomic E-state index is -3.55. The fourth-order valence-corrected chi connectivity index (χ4v) is 4.56. The number of ether oxygens (including phenoxy) is 1. The molecule has 1 aliphatic carbocycles. The van der Waals surface area contributed by atoms with Crippen molar-refractivity contribution in [2.24, 2.45) is 5.92 Å². The number of sulfonamides is 1. The molecule has 138 valence electrons. The Morgan fingerprint density at radius 2 is 1.80 bits per heavy atom. The molecule has 25 heavy (non-hydrogen) atoms. The average molecular weight is 366 g/mol. The van der Waals surface area contributed by atoms with Crippen molar-refractivity contribution in [1.82, 2.24) is 4.72 Å². The lowest BCUT2D eigenvalue weighted by Crippen LogP contribution is -2.31. The molecule has 3 rings (SSSR count). The molecule has 1 aliphatic heterocycles. The Balaban J connectivity index is 1.52. The summed E-state index contributed by atoms with van der Waals surface area (Å²) in [6, 6.07) is 6.30. The molecule has 1 aromatic rings. The smallest absolute Gasteiger partial charge is 0.240 e. The van der Waals surface area contributed by atoms with E-state index in [1.54, 1.807) is 12.1 Å². The molecule has 0 aromatic heterocycles. The lowest BCUT2D eigenvalue weighted by Gasteiger charge is -2.12. The van der Waals surface area contributed by atoms with Gasteiger partial charge in [-0.3, -0.25) is 4.79 Å². The fourth-order valence-electron chi connectivity index (χ4n) is 3.50. The molecule has 0 unspecified atom stereocenters. The quantitative estimate of drug-likeness (QED) is 0.777. The van der Waals surface area contributed by atoms with Crippen LogP contribution in [0.4, 0.5) is 5.69 Å². The zero-order valence-corrected chi connectivity index (χ0v) is 15.2. The van der Waals surface area contributed by atoms with Crippen molar-refractivity contribution in [1.29, 1.82) is 0 Å². The van der Waals surface area contributed by atoms with E-state index in [4.69, 9.17) is 4.74 Å². The summed E-state index contributed by atoms with van der Waals surface area (Å²) in [5.41, 5.74) is 0.626. The number of carbonyl (C=O) groups excluding carboxylic acids is 1. The van der Waals surface area contributed by atoms with Gasteiger partial charge in [0.2, 0.25) is 15.9 Å². The number of benzene rings is 1. The molecule has 6 nitrogen and oxygen atoms in total. The van der Waals surface area contributed by atoms with Crippen LogP contribution in [0.1, 0.15) is 44.9 Å². The first-order valence-electron chi connectivity index (χ1n) is 9.04. The molecule has 0 bridgehead atoms. The number of carbonyl (C=O) groups is 1. The van der Waals surface area contributed by atoms with Gasteiger partial charge in [0.25, 0.3) is 0 Å². The van der Waals surface area contributed by atoms with Crippen molar-refractivity contribution in [2.45, 2.75) is 55.9 Å². The SMILES string of the molecule is O=C(CC1CCCC1)Nc1ccc(S(=O)(=O)NC[C@H]2CCCO2)cc1. The summed E-state index contributed by atoms with van der Waals surface area (Å²) in [5.74, 6) is 0.487. The van der Waals surface area contributed by atoms with Gasteiger partial charge in [-0.05, 0) is 55.9 Å². The number of anilines is 1. The largest absolute Gasteiger partial charge is 0.377 e. The van der Waals surface area contributed by atoms with Crippen LogP contribution >= 0.6 is 0 Å². The van der Waals surface area contributed by atoms with Gasteiger partial charge in [0.05, 0.1) is 11.0 Å². The van der Waals surface area contributed by atoms with Crippen molar-refractivity contribution >= 4 is 21.6 Å². The van der Waals surface area contributed by atoms with Gasteiger partial charge in [0, 0.05) is 25.3 Å². The predicted molar refractivity (Wildman–Crippen MR) is 95.8 cm³/mol. The molecule has 7 heteroatoms. The Labute approximate surface area is 149 Å². The van der Waals surface area contributed by atoms with E-state index in [1.165, 1.54) is 25.0 Å². The summed E-state index contributed by atoms with van der Waals surface area (Å²) in [6.45, 7) is 0.990. The third-order valence-corrected chi connectivity index (χ3v) is 6.36. The molecular formula is C18H26N2O4S. The Hall–Kier alpha value is -1.44. The standard InChI is InChI=1S/C18H26N2O4S/c21-18(12-14-4-1-2-5-14)20-15-7-9-17(10-8-15)25(22,23)19-13-16-6-3-11-24-16/h7-10,14,16,19H,1-6,11-13H2,(H,20,21)/t16-/m1/s1. The van der Waals surface area contributed by atoms with Crippen LogP contribution in [0.2, 0.25) is 0 Å². The maximum absolute atomic E-state index is 12.3. The summed E-state index contributed by atoms with van der Waals surface area (Å²) in [7, 11) is -3.55. The van der Waals surface area contributed by atoms with E-state index in [9.17, 15) is 13.2 Å². The molecule has 1 saturated heterocycles. The van der Waals surface area contributed by atoms with E-state index in [0.717, 1.165) is 25.7 Å². The average Bonchev–Trinajstić information content (AvgIpc) is 3.27. The van der Waals surface area contributed by atoms with E-state index >= 15 is 0 Å². The number of rotatable bonds is 7. The molecule has 1 amide bonds. The Morgan fingerprint density at radius 1 is 1.08 bits per heavy atom. The summed E-state index contributed by atoms with van der Waals surface area (Å²) in [5, 5.41) is 2.85. The van der Waals surface area contributed by atoms with Crippen molar-refractivity contribution < 1.29 is 17.9 Å². The first-order valence-corrected chi connectivity index (χ1v) is 10.5. The highest BCUT2D eigenvalue weighted by atomic mass is 32.2. The molecule has 2 N–H and O–H groups in total. The third kappa shape index (κ3) is 5.26. The van der Waals surface area contributed by atoms with Gasteiger partial charge in [0.15, 0.2) is 0 Å². The molecule has 1 atom stereocenters. The summed E-state index contributed by atoms with van der Waals surface area (Å²) in [4.78, 5) is 12.2. The normalized spacial score (nSPS) is 21.5. The molecule has 2 aliphatic rings. The second-order valence-corrected chi connectivity index (χ2v) is 8.68. The molecule has 1 aromatic carbocycles. The van der Waals surface area contributed by atoms with Gasteiger partial charge in [-0.25, -0.2) is 13.1 Å². The van der Waals surface area contributed by atoms with Crippen LogP contribution in [0, 0.1) is 5.92 Å². The summed E-state index contributed by atoms with van der Waals surface area (Å²) in [6.07, 6.45) is 7.04. The highest BCUT2D eigenvalue weighted by Crippen LogP contribution is 2.27. The molecule has 1 heterocycles. The molecule has 1 saturated carbocycles. The summed E-state index contributed by atoms with van der Waals surface area (Å²) >= 11 is 0. The number of nitrogens with one attached hydrogen (secondary N) is 2. The topological polar surface area (TPSA) is 84.5 Å². The first kappa shape index (κ1) is 18.4. The number of hydrogen-bond donors (Lipinski definition) is 2. The Kier molecular flexibility index (Phi) is 6.09.